The molecular formula is C5H3F9N2O. The highest BCUT2D eigenvalue weighted by atomic mass is 19.4. The Morgan fingerprint density at radius 1 is 0.765 bits per heavy atom. The first-order valence-corrected chi connectivity index (χ1v) is 3.44. The molecule has 12 heteroatoms. The van der Waals surface area contributed by atoms with Crippen LogP contribution in [0.25, 0.3) is 0 Å². The Hall–Kier alpha value is -1.36. The molecule has 0 atom stereocenters. The molecule has 0 bridgehead atoms. The minimum atomic E-state index is -6.85. The van der Waals surface area contributed by atoms with Crippen molar-refractivity contribution in [3.63, 3.8) is 0 Å². The standard InChI is InChI=1S/C5H3F9N2O/c6-3(7,8)2(4(9,10)11,5(12,13)14)16-1(15)17/h(H3,15,16,17). The lowest BCUT2D eigenvalue weighted by molar-refractivity contribution is -0.386. The molecule has 0 aromatic heterocycles. The van der Waals surface area contributed by atoms with Gasteiger partial charge in [-0.1, -0.05) is 0 Å². The van der Waals surface area contributed by atoms with Gasteiger partial charge in [-0.05, 0) is 0 Å². The number of halogens is 9. The summed E-state index contributed by atoms with van der Waals surface area (Å²) in [6.07, 6.45) is -20.5. The van der Waals surface area contributed by atoms with E-state index in [1.807, 2.05) is 0 Å². The molecular weight excluding hydrogens is 275 g/mol. The minimum absolute atomic E-state index is 0.323. The van der Waals surface area contributed by atoms with Crippen LogP contribution in [-0.4, -0.2) is 30.1 Å². The number of hydrogen-bond acceptors (Lipinski definition) is 1. The molecule has 0 spiro atoms. The lowest BCUT2D eigenvalue weighted by Crippen LogP contribution is -2.75. The van der Waals surface area contributed by atoms with Crippen molar-refractivity contribution in [2.45, 2.75) is 24.1 Å². The van der Waals surface area contributed by atoms with Crippen molar-refractivity contribution in [1.82, 2.24) is 5.32 Å². The molecule has 2 amide bonds. The molecule has 3 N–H and O–H groups in total. The van der Waals surface area contributed by atoms with Crippen molar-refractivity contribution in [2.75, 3.05) is 0 Å². The Kier molecular flexibility index (Phi) is 3.53. The van der Waals surface area contributed by atoms with Crippen LogP contribution in [0.4, 0.5) is 44.3 Å². The van der Waals surface area contributed by atoms with Crippen LogP contribution < -0.4 is 11.1 Å². The van der Waals surface area contributed by atoms with Gasteiger partial charge in [0.25, 0.3) is 0 Å². The zero-order valence-electron chi connectivity index (χ0n) is 7.39. The third-order valence-electron chi connectivity index (χ3n) is 1.59. The topological polar surface area (TPSA) is 55.1 Å². The predicted octanol–water partition coefficient (Wildman–Crippen LogP) is 2.08. The summed E-state index contributed by atoms with van der Waals surface area (Å²) in [6, 6.07) is -2.61. The fraction of sp³-hybridized carbons (Fsp3) is 0.800. The number of nitrogens with two attached hydrogens (primary N) is 1. The highest BCUT2D eigenvalue weighted by Crippen LogP contribution is 2.52. The van der Waals surface area contributed by atoms with Gasteiger partial charge < -0.3 is 11.1 Å². The Bertz CT molecular complexity index is 264. The quantitative estimate of drug-likeness (QED) is 0.709. The molecule has 0 heterocycles. The molecule has 0 aliphatic heterocycles. The van der Waals surface area contributed by atoms with Crippen molar-refractivity contribution in [1.29, 1.82) is 0 Å². The number of nitrogens with one attached hydrogen (secondary N) is 1. The van der Waals surface area contributed by atoms with E-state index in [1.54, 1.807) is 0 Å². The average molecular weight is 278 g/mol. The SMILES string of the molecule is NC(=O)NC(C(F)(F)F)(C(F)(F)F)C(F)(F)F. The molecule has 0 aromatic rings. The van der Waals surface area contributed by atoms with E-state index in [2.05, 4.69) is 5.73 Å². The molecule has 17 heavy (non-hydrogen) atoms. The maximum atomic E-state index is 12.0. The summed E-state index contributed by atoms with van der Waals surface area (Å²) in [6.45, 7) is 0. The number of primary amides is 1. The lowest BCUT2D eigenvalue weighted by atomic mass is 9.97. The van der Waals surface area contributed by atoms with E-state index in [1.165, 1.54) is 0 Å². The van der Waals surface area contributed by atoms with Crippen LogP contribution in [0, 0.1) is 0 Å². The second-order valence-corrected chi connectivity index (χ2v) is 2.73. The van der Waals surface area contributed by atoms with E-state index in [0.717, 1.165) is 0 Å². The van der Waals surface area contributed by atoms with Gasteiger partial charge in [-0.25, -0.2) is 4.79 Å². The second-order valence-electron chi connectivity index (χ2n) is 2.73. The van der Waals surface area contributed by atoms with Gasteiger partial charge in [-0.3, -0.25) is 0 Å². The van der Waals surface area contributed by atoms with E-state index in [9.17, 15) is 44.3 Å². The van der Waals surface area contributed by atoms with E-state index in [-0.39, 0.29) is 5.32 Å². The minimum Gasteiger partial charge on any atom is -0.352 e. The number of rotatable bonds is 1. The van der Waals surface area contributed by atoms with Gasteiger partial charge in [-0.2, -0.15) is 39.5 Å². The van der Waals surface area contributed by atoms with Gasteiger partial charge in [0.15, 0.2) is 0 Å². The van der Waals surface area contributed by atoms with Crippen LogP contribution in [0.3, 0.4) is 0 Å². The molecule has 0 fully saturated rings. The zero-order valence-corrected chi connectivity index (χ0v) is 7.39. The Morgan fingerprint density at radius 2 is 1.00 bits per heavy atom. The van der Waals surface area contributed by atoms with Gasteiger partial charge in [-0.15, -0.1) is 0 Å². The Balaban J connectivity index is 6.02. The van der Waals surface area contributed by atoms with E-state index >= 15 is 0 Å². The highest BCUT2D eigenvalue weighted by Gasteiger charge is 2.84. The van der Waals surface area contributed by atoms with Crippen molar-refractivity contribution in [2.24, 2.45) is 5.73 Å². The van der Waals surface area contributed by atoms with Gasteiger partial charge in [0.2, 0.25) is 0 Å². The molecule has 102 valence electrons. The molecule has 0 aliphatic rings. The predicted molar refractivity (Wildman–Crippen MR) is 33.6 cm³/mol. The van der Waals surface area contributed by atoms with Crippen molar-refractivity contribution in [3.05, 3.63) is 0 Å². The first-order valence-electron chi connectivity index (χ1n) is 3.44. The summed E-state index contributed by atoms with van der Waals surface area (Å²) in [4.78, 5) is 9.97. The number of carbonyl (C=O) groups excluding carboxylic acids is 1. The number of hydrogen-bond donors (Lipinski definition) is 2. The smallest absolute Gasteiger partial charge is 0.352 e. The summed E-state index contributed by atoms with van der Waals surface area (Å²) in [5.74, 6) is 0. The summed E-state index contributed by atoms with van der Waals surface area (Å²) in [5.41, 5.74) is -2.47. The van der Waals surface area contributed by atoms with Gasteiger partial charge >= 0.3 is 30.1 Å². The van der Waals surface area contributed by atoms with Crippen molar-refractivity contribution in [3.8, 4) is 0 Å². The molecule has 3 nitrogen and oxygen atoms in total. The summed E-state index contributed by atoms with van der Waals surface area (Å²) in [7, 11) is 0. The van der Waals surface area contributed by atoms with Gasteiger partial charge in [0.1, 0.15) is 0 Å². The molecule has 0 radical (unpaired) electrons. The summed E-state index contributed by atoms with van der Waals surface area (Å²) in [5, 5.41) is -0.323. The van der Waals surface area contributed by atoms with Crippen LogP contribution in [0.15, 0.2) is 0 Å². The average Bonchev–Trinajstić information content (AvgIpc) is 1.91. The highest BCUT2D eigenvalue weighted by molar-refractivity contribution is 5.73. The maximum absolute atomic E-state index is 12.0. The van der Waals surface area contributed by atoms with E-state index in [4.69, 9.17) is 0 Å². The third-order valence-corrected chi connectivity index (χ3v) is 1.59. The van der Waals surface area contributed by atoms with Crippen LogP contribution in [0.5, 0.6) is 0 Å². The Morgan fingerprint density at radius 3 is 1.06 bits per heavy atom. The zero-order chi connectivity index (χ0) is 14.3. The third kappa shape index (κ3) is 2.49. The Labute approximate surface area is 86.7 Å². The van der Waals surface area contributed by atoms with E-state index in [0.29, 0.717) is 0 Å². The molecule has 0 saturated heterocycles. The van der Waals surface area contributed by atoms with Crippen LogP contribution in [-0.2, 0) is 0 Å². The fourth-order valence-electron chi connectivity index (χ4n) is 0.880. The number of amides is 2. The number of urea groups is 1. The van der Waals surface area contributed by atoms with Crippen molar-refractivity contribution >= 4 is 6.03 Å². The largest absolute Gasteiger partial charge is 0.429 e. The first-order chi connectivity index (χ1) is 7.17. The number of carbonyl (C=O) groups is 1. The maximum Gasteiger partial charge on any atom is 0.429 e. The van der Waals surface area contributed by atoms with Gasteiger partial charge in [0.05, 0.1) is 0 Å². The molecule has 0 rings (SSSR count). The monoisotopic (exact) mass is 278 g/mol. The lowest BCUT2D eigenvalue weighted by Gasteiger charge is -2.38. The van der Waals surface area contributed by atoms with Crippen LogP contribution >= 0.6 is 0 Å². The summed E-state index contributed by atoms with van der Waals surface area (Å²) < 4.78 is 108. The fourth-order valence-corrected chi connectivity index (χ4v) is 0.880. The molecule has 0 aromatic carbocycles. The second kappa shape index (κ2) is 3.84. The molecule has 0 saturated carbocycles. The normalized spacial score (nSPS) is 14.6. The van der Waals surface area contributed by atoms with E-state index < -0.39 is 30.1 Å². The van der Waals surface area contributed by atoms with Gasteiger partial charge in [0, 0.05) is 0 Å². The number of alkyl halides is 9. The van der Waals surface area contributed by atoms with Crippen LogP contribution in [0.1, 0.15) is 0 Å². The summed E-state index contributed by atoms with van der Waals surface area (Å²) >= 11 is 0. The van der Waals surface area contributed by atoms with Crippen LogP contribution in [0.2, 0.25) is 0 Å². The molecule has 0 unspecified atom stereocenters. The molecule has 0 aliphatic carbocycles. The van der Waals surface area contributed by atoms with Crippen molar-refractivity contribution < 1.29 is 44.3 Å². The first kappa shape index (κ1) is 15.6.